The first-order valence-electron chi connectivity index (χ1n) is 8.68. The highest BCUT2D eigenvalue weighted by molar-refractivity contribution is 7.89. The van der Waals surface area contributed by atoms with E-state index in [1.165, 1.54) is 13.2 Å². The summed E-state index contributed by atoms with van der Waals surface area (Å²) < 4.78 is 28.7. The second kappa shape index (κ2) is 8.54. The number of benzene rings is 2. The molecule has 2 rings (SSSR count). The summed E-state index contributed by atoms with van der Waals surface area (Å²) in [7, 11) is -2.51. The third-order valence-electron chi connectivity index (χ3n) is 4.60. The van der Waals surface area contributed by atoms with Gasteiger partial charge in [0.25, 0.3) is 0 Å². The molecule has 2 atom stereocenters. The van der Waals surface area contributed by atoms with Crippen molar-refractivity contribution in [3.63, 3.8) is 0 Å². The first-order chi connectivity index (χ1) is 12.6. The van der Waals surface area contributed by atoms with Crippen molar-refractivity contribution in [1.29, 1.82) is 0 Å². The number of nitrogens with two attached hydrogens (primary N) is 1. The molecule has 0 saturated carbocycles. The Kier molecular flexibility index (Phi) is 6.62. The first-order valence-corrected chi connectivity index (χ1v) is 10.2. The highest BCUT2D eigenvalue weighted by Crippen LogP contribution is 2.27. The zero-order valence-corrected chi connectivity index (χ0v) is 16.9. The third-order valence-corrected chi connectivity index (χ3v) is 5.54. The maximum Gasteiger partial charge on any atom is 0.241 e. The van der Waals surface area contributed by atoms with Crippen LogP contribution in [0.25, 0.3) is 0 Å². The predicted octanol–water partition coefficient (Wildman–Crippen LogP) is 2.88. The van der Waals surface area contributed by atoms with Crippen LogP contribution in [0.15, 0.2) is 53.4 Å². The average molecular weight is 391 g/mol. The van der Waals surface area contributed by atoms with Crippen LogP contribution in [0.3, 0.4) is 0 Å². The Morgan fingerprint density at radius 3 is 2.30 bits per heavy atom. The van der Waals surface area contributed by atoms with Crippen molar-refractivity contribution in [3.8, 4) is 5.75 Å². The van der Waals surface area contributed by atoms with Crippen LogP contribution in [0.5, 0.6) is 5.75 Å². The molecule has 0 aliphatic heterocycles. The highest BCUT2D eigenvalue weighted by Gasteiger charge is 2.25. The molecule has 2 unspecified atom stereocenters. The summed E-state index contributed by atoms with van der Waals surface area (Å²) in [4.78, 5) is 14.1. The van der Waals surface area contributed by atoms with Gasteiger partial charge in [-0.05, 0) is 43.5 Å². The zero-order valence-electron chi connectivity index (χ0n) is 16.0. The number of methoxy groups -OCH3 is 1. The molecule has 0 spiro atoms. The Morgan fingerprint density at radius 2 is 1.78 bits per heavy atom. The minimum Gasteiger partial charge on any atom is -0.495 e. The van der Waals surface area contributed by atoms with Crippen molar-refractivity contribution in [3.05, 3.63) is 59.7 Å². The quantitative estimate of drug-likeness (QED) is 0.787. The fourth-order valence-electron chi connectivity index (χ4n) is 3.37. The van der Waals surface area contributed by atoms with Gasteiger partial charge in [0.1, 0.15) is 10.6 Å². The molecule has 0 heterocycles. The minimum atomic E-state index is -3.91. The lowest BCUT2D eigenvalue weighted by atomic mass is 10.0. The molecule has 146 valence electrons. The molecule has 27 heavy (non-hydrogen) atoms. The Balaban J connectivity index is 2.31. The minimum absolute atomic E-state index is 0.0426. The van der Waals surface area contributed by atoms with Crippen LogP contribution < -0.4 is 9.88 Å². The van der Waals surface area contributed by atoms with Crippen molar-refractivity contribution in [1.82, 2.24) is 4.90 Å². The van der Waals surface area contributed by atoms with E-state index in [-0.39, 0.29) is 28.6 Å². The molecule has 0 aromatic heterocycles. The highest BCUT2D eigenvalue weighted by atomic mass is 32.2. The first kappa shape index (κ1) is 20.9. The average Bonchev–Trinajstić information content (AvgIpc) is 2.61. The van der Waals surface area contributed by atoms with Gasteiger partial charge in [-0.1, -0.05) is 36.4 Å². The lowest BCUT2D eigenvalue weighted by molar-refractivity contribution is -0.133. The summed E-state index contributed by atoms with van der Waals surface area (Å²) in [5.41, 5.74) is 1.80. The molecule has 6 nitrogen and oxygen atoms in total. The predicted molar refractivity (Wildman–Crippen MR) is 105 cm³/mol. The van der Waals surface area contributed by atoms with Gasteiger partial charge >= 0.3 is 0 Å². The molecule has 2 N–H and O–H groups in total. The van der Waals surface area contributed by atoms with Gasteiger partial charge < -0.3 is 9.64 Å². The fraction of sp³-hybridized carbons (Fsp3) is 0.350. The molecule has 0 bridgehead atoms. The summed E-state index contributed by atoms with van der Waals surface area (Å²) in [6.07, 6.45) is 0.489. The molecule has 0 radical (unpaired) electrons. The third kappa shape index (κ3) is 5.08. The van der Waals surface area contributed by atoms with Crippen molar-refractivity contribution in [2.75, 3.05) is 7.11 Å². The van der Waals surface area contributed by atoms with E-state index in [9.17, 15) is 13.2 Å². The molecule has 0 aliphatic carbocycles. The number of rotatable bonds is 7. The van der Waals surface area contributed by atoms with E-state index in [0.29, 0.717) is 6.42 Å². The standard InChI is InChI=1S/C20H26N2O4S/c1-14(22(16(3)23)15(2)18-8-6-5-7-9-18)12-17-10-11-19(26-4)20(13-17)27(21,24)25/h5-11,13-15H,12H2,1-4H3,(H2,21,24,25). The number of primary sulfonamides is 1. The monoisotopic (exact) mass is 390 g/mol. The molecule has 7 heteroatoms. The molecule has 0 aliphatic rings. The van der Waals surface area contributed by atoms with Gasteiger partial charge in [0.2, 0.25) is 15.9 Å². The lowest BCUT2D eigenvalue weighted by Gasteiger charge is -2.34. The van der Waals surface area contributed by atoms with E-state index in [2.05, 4.69) is 0 Å². The van der Waals surface area contributed by atoms with Crippen LogP contribution in [0.4, 0.5) is 0 Å². The Morgan fingerprint density at radius 1 is 1.15 bits per heavy atom. The summed E-state index contributed by atoms with van der Waals surface area (Å²) in [5, 5.41) is 5.29. The van der Waals surface area contributed by atoms with E-state index >= 15 is 0 Å². The number of ether oxygens (including phenoxy) is 1. The number of hydrogen-bond donors (Lipinski definition) is 1. The number of sulfonamides is 1. The lowest BCUT2D eigenvalue weighted by Crippen LogP contribution is -2.40. The molecule has 2 aromatic carbocycles. The Labute approximate surface area is 161 Å². The maximum atomic E-state index is 12.3. The van der Waals surface area contributed by atoms with Gasteiger partial charge in [-0.2, -0.15) is 0 Å². The van der Waals surface area contributed by atoms with Crippen LogP contribution in [0.1, 0.15) is 37.9 Å². The van der Waals surface area contributed by atoms with Gasteiger partial charge in [-0.3, -0.25) is 4.79 Å². The summed E-state index contributed by atoms with van der Waals surface area (Å²) in [5.74, 6) is 0.161. The summed E-state index contributed by atoms with van der Waals surface area (Å²) >= 11 is 0. The Bertz CT molecular complexity index is 897. The van der Waals surface area contributed by atoms with Gasteiger partial charge in [0.05, 0.1) is 13.2 Å². The number of carbonyl (C=O) groups excluding carboxylic acids is 1. The van der Waals surface area contributed by atoms with Crippen molar-refractivity contribution < 1.29 is 17.9 Å². The van der Waals surface area contributed by atoms with Gasteiger partial charge in [0, 0.05) is 13.0 Å². The summed E-state index contributed by atoms with van der Waals surface area (Å²) in [6.45, 7) is 5.47. The van der Waals surface area contributed by atoms with E-state index in [1.807, 2.05) is 44.2 Å². The van der Waals surface area contributed by atoms with Crippen LogP contribution >= 0.6 is 0 Å². The topological polar surface area (TPSA) is 89.7 Å². The normalized spacial score (nSPS) is 13.7. The summed E-state index contributed by atoms with van der Waals surface area (Å²) in [6, 6.07) is 14.4. The second-order valence-electron chi connectivity index (χ2n) is 6.60. The SMILES string of the molecule is COc1ccc(CC(C)N(C(C)=O)C(C)c2ccccc2)cc1S(N)(=O)=O. The number of hydrogen-bond acceptors (Lipinski definition) is 4. The van der Waals surface area contributed by atoms with Crippen molar-refractivity contribution >= 4 is 15.9 Å². The largest absolute Gasteiger partial charge is 0.495 e. The van der Waals surface area contributed by atoms with Crippen LogP contribution in [0.2, 0.25) is 0 Å². The molecular formula is C20H26N2O4S. The van der Waals surface area contributed by atoms with E-state index in [1.54, 1.807) is 24.0 Å². The van der Waals surface area contributed by atoms with E-state index < -0.39 is 10.0 Å². The van der Waals surface area contributed by atoms with E-state index in [0.717, 1.165) is 11.1 Å². The number of nitrogens with zero attached hydrogens (tertiary/aromatic N) is 1. The van der Waals surface area contributed by atoms with Gasteiger partial charge in [-0.15, -0.1) is 0 Å². The smallest absolute Gasteiger partial charge is 0.241 e. The van der Waals surface area contributed by atoms with Crippen molar-refractivity contribution in [2.24, 2.45) is 5.14 Å². The fourth-order valence-corrected chi connectivity index (χ4v) is 4.11. The van der Waals surface area contributed by atoms with Crippen LogP contribution in [-0.4, -0.2) is 32.4 Å². The molecule has 0 fully saturated rings. The molecule has 2 aromatic rings. The molecule has 0 saturated heterocycles. The van der Waals surface area contributed by atoms with E-state index in [4.69, 9.17) is 9.88 Å². The molecule has 1 amide bonds. The van der Waals surface area contributed by atoms with Gasteiger partial charge in [0.15, 0.2) is 0 Å². The molecular weight excluding hydrogens is 364 g/mol. The zero-order chi connectivity index (χ0) is 20.2. The second-order valence-corrected chi connectivity index (χ2v) is 8.13. The van der Waals surface area contributed by atoms with Crippen LogP contribution in [0, 0.1) is 0 Å². The van der Waals surface area contributed by atoms with Crippen molar-refractivity contribution in [2.45, 2.75) is 44.2 Å². The van der Waals surface area contributed by atoms with Crippen LogP contribution in [-0.2, 0) is 21.2 Å². The van der Waals surface area contributed by atoms with Gasteiger partial charge in [-0.25, -0.2) is 13.6 Å². The number of carbonyl (C=O) groups is 1. The Hall–Kier alpha value is -2.38. The number of amides is 1. The maximum absolute atomic E-state index is 12.3.